The molecule has 1 aromatic carbocycles. The number of carbonyl (C=O) groups excluding carboxylic acids is 1. The molecule has 0 bridgehead atoms. The van der Waals surface area contributed by atoms with E-state index in [1.807, 2.05) is 6.92 Å². The lowest BCUT2D eigenvalue weighted by Crippen LogP contribution is -2.33. The van der Waals surface area contributed by atoms with Gasteiger partial charge in [-0.05, 0) is 23.5 Å². The normalized spacial score (nSPS) is 12.6. The predicted octanol–water partition coefficient (Wildman–Crippen LogP) is 2.29. The smallest absolute Gasteiger partial charge is 0.294 e. The molecule has 1 rings (SSSR count). The Labute approximate surface area is 124 Å². The molecule has 7 heteroatoms. The van der Waals surface area contributed by atoms with Crippen molar-refractivity contribution in [1.29, 1.82) is 0 Å². The van der Waals surface area contributed by atoms with Gasteiger partial charge in [-0.15, -0.1) is 0 Å². The lowest BCUT2D eigenvalue weighted by atomic mass is 9.82. The number of anilines is 1. The van der Waals surface area contributed by atoms with Crippen LogP contribution in [0, 0.1) is 21.4 Å². The zero-order chi connectivity index (χ0) is 16.2. The number of nitrogen functional groups attached to an aromatic ring is 1. The second kappa shape index (κ2) is 6.53. The molecule has 0 spiro atoms. The summed E-state index contributed by atoms with van der Waals surface area (Å²) >= 11 is 0. The molecule has 1 aromatic rings. The highest BCUT2D eigenvalue weighted by molar-refractivity contribution is 5.95. The molecule has 1 unspecified atom stereocenters. The van der Waals surface area contributed by atoms with Crippen molar-refractivity contribution in [2.24, 2.45) is 17.2 Å². The molecule has 116 valence electrons. The molecule has 1 amide bonds. The van der Waals surface area contributed by atoms with Crippen LogP contribution in [0.4, 0.5) is 11.4 Å². The second-order valence-electron chi connectivity index (χ2n) is 6.11. The third kappa shape index (κ3) is 4.42. The largest absolute Gasteiger partial charge is 0.352 e. The summed E-state index contributed by atoms with van der Waals surface area (Å²) in [6.45, 7) is 8.83. The minimum absolute atomic E-state index is 0.0760. The number of nitrogens with zero attached hydrogens (tertiary/aromatic N) is 1. The lowest BCUT2D eigenvalue weighted by molar-refractivity contribution is -0.384. The molecule has 0 saturated carbocycles. The Kier molecular flexibility index (Phi) is 5.26. The highest BCUT2D eigenvalue weighted by atomic mass is 16.6. The van der Waals surface area contributed by atoms with Crippen LogP contribution in [0.25, 0.3) is 0 Å². The van der Waals surface area contributed by atoms with Gasteiger partial charge in [0.05, 0.1) is 4.92 Å². The number of carbonyl (C=O) groups is 1. The van der Waals surface area contributed by atoms with Crippen molar-refractivity contribution in [1.82, 2.24) is 5.32 Å². The zero-order valence-corrected chi connectivity index (χ0v) is 12.8. The van der Waals surface area contributed by atoms with Crippen LogP contribution in [-0.2, 0) is 0 Å². The molecular weight excluding hydrogens is 272 g/mol. The van der Waals surface area contributed by atoms with Gasteiger partial charge in [0, 0.05) is 18.2 Å². The maximum Gasteiger partial charge on any atom is 0.294 e. The first-order valence-electron chi connectivity index (χ1n) is 6.70. The van der Waals surface area contributed by atoms with E-state index in [9.17, 15) is 14.9 Å². The number of nitro groups is 1. The van der Waals surface area contributed by atoms with Gasteiger partial charge in [0.15, 0.2) is 0 Å². The topological polar surface area (TPSA) is 110 Å². The van der Waals surface area contributed by atoms with Crippen LogP contribution in [0.1, 0.15) is 38.1 Å². The summed E-state index contributed by atoms with van der Waals surface area (Å²) < 4.78 is 0. The van der Waals surface area contributed by atoms with E-state index in [-0.39, 0.29) is 34.2 Å². The molecule has 0 fully saturated rings. The molecule has 4 N–H and O–H groups in total. The number of rotatable bonds is 5. The number of nitrogens with one attached hydrogen (secondary N) is 2. The Hall–Kier alpha value is -2.15. The first-order chi connectivity index (χ1) is 9.66. The van der Waals surface area contributed by atoms with E-state index in [4.69, 9.17) is 5.84 Å². The zero-order valence-electron chi connectivity index (χ0n) is 12.8. The number of hydrogen-bond acceptors (Lipinski definition) is 5. The van der Waals surface area contributed by atoms with Crippen LogP contribution in [0.3, 0.4) is 0 Å². The van der Waals surface area contributed by atoms with Gasteiger partial charge in [-0.3, -0.25) is 20.8 Å². The van der Waals surface area contributed by atoms with Gasteiger partial charge in [0.25, 0.3) is 11.6 Å². The van der Waals surface area contributed by atoms with Gasteiger partial charge in [-0.25, -0.2) is 0 Å². The van der Waals surface area contributed by atoms with Crippen LogP contribution < -0.4 is 16.6 Å². The van der Waals surface area contributed by atoms with Crippen LogP contribution in [0.15, 0.2) is 18.2 Å². The molecule has 0 aliphatic carbocycles. The standard InChI is InChI=1S/C14H22N4O3/c1-9(14(2,3)4)8-16-13(19)10-5-6-11(17-15)12(7-10)18(20)21/h5-7,9,17H,8,15H2,1-4H3,(H,16,19). The molecule has 7 nitrogen and oxygen atoms in total. The number of benzene rings is 1. The SMILES string of the molecule is CC(CNC(=O)c1ccc(NN)c([N+](=O)[O-])c1)C(C)(C)C. The van der Waals surface area contributed by atoms with Crippen LogP contribution in [-0.4, -0.2) is 17.4 Å². The first kappa shape index (κ1) is 16.9. The minimum atomic E-state index is -0.580. The monoisotopic (exact) mass is 294 g/mol. The number of nitro benzene ring substituents is 1. The number of nitrogens with two attached hydrogens (primary N) is 1. The average Bonchev–Trinajstić information content (AvgIpc) is 2.42. The quantitative estimate of drug-likeness (QED) is 0.438. The second-order valence-corrected chi connectivity index (χ2v) is 6.11. The third-order valence-electron chi connectivity index (χ3n) is 3.66. The van der Waals surface area contributed by atoms with E-state index in [2.05, 4.69) is 31.5 Å². The molecule has 1 atom stereocenters. The fraction of sp³-hybridized carbons (Fsp3) is 0.500. The van der Waals surface area contributed by atoms with Gasteiger partial charge >= 0.3 is 0 Å². The summed E-state index contributed by atoms with van der Waals surface area (Å²) in [5.41, 5.74) is 2.49. The summed E-state index contributed by atoms with van der Waals surface area (Å²) in [6, 6.07) is 4.13. The van der Waals surface area contributed by atoms with E-state index in [0.29, 0.717) is 6.54 Å². The molecular formula is C14H22N4O3. The number of amides is 1. The van der Waals surface area contributed by atoms with Gasteiger partial charge in [-0.2, -0.15) is 0 Å². The Bertz CT molecular complexity index is 538. The average molecular weight is 294 g/mol. The van der Waals surface area contributed by atoms with Crippen molar-refractivity contribution >= 4 is 17.3 Å². The van der Waals surface area contributed by atoms with Crippen molar-refractivity contribution in [3.8, 4) is 0 Å². The van der Waals surface area contributed by atoms with E-state index < -0.39 is 4.92 Å². The van der Waals surface area contributed by atoms with Gasteiger partial charge < -0.3 is 10.7 Å². The van der Waals surface area contributed by atoms with E-state index in [1.54, 1.807) is 0 Å². The Morgan fingerprint density at radius 2 is 2.05 bits per heavy atom. The van der Waals surface area contributed by atoms with Crippen LogP contribution in [0.2, 0.25) is 0 Å². The van der Waals surface area contributed by atoms with Crippen LogP contribution >= 0.6 is 0 Å². The molecule has 21 heavy (non-hydrogen) atoms. The van der Waals surface area contributed by atoms with Crippen molar-refractivity contribution in [3.05, 3.63) is 33.9 Å². The Balaban J connectivity index is 2.84. The maximum absolute atomic E-state index is 12.1. The van der Waals surface area contributed by atoms with Crippen molar-refractivity contribution in [2.45, 2.75) is 27.7 Å². The summed E-state index contributed by atoms with van der Waals surface area (Å²) in [4.78, 5) is 22.4. The summed E-state index contributed by atoms with van der Waals surface area (Å²) in [7, 11) is 0. The fourth-order valence-corrected chi connectivity index (χ4v) is 1.60. The molecule has 0 aliphatic heterocycles. The fourth-order valence-electron chi connectivity index (χ4n) is 1.60. The maximum atomic E-state index is 12.1. The van der Waals surface area contributed by atoms with Crippen molar-refractivity contribution in [2.75, 3.05) is 12.0 Å². The van der Waals surface area contributed by atoms with Gasteiger partial charge in [0.2, 0.25) is 0 Å². The summed E-state index contributed by atoms with van der Waals surface area (Å²) in [5.74, 6) is 5.15. The minimum Gasteiger partial charge on any atom is -0.352 e. The summed E-state index contributed by atoms with van der Waals surface area (Å²) in [5, 5.41) is 13.7. The number of hydrogen-bond donors (Lipinski definition) is 3. The molecule has 0 heterocycles. The van der Waals surface area contributed by atoms with Gasteiger partial charge in [0.1, 0.15) is 5.69 Å². The molecule has 0 aromatic heterocycles. The third-order valence-corrected chi connectivity index (χ3v) is 3.66. The predicted molar refractivity (Wildman–Crippen MR) is 81.9 cm³/mol. The molecule has 0 saturated heterocycles. The van der Waals surface area contributed by atoms with E-state index >= 15 is 0 Å². The summed E-state index contributed by atoms with van der Waals surface area (Å²) in [6.07, 6.45) is 0. The van der Waals surface area contributed by atoms with Crippen molar-refractivity contribution < 1.29 is 9.72 Å². The Morgan fingerprint density at radius 3 is 2.52 bits per heavy atom. The van der Waals surface area contributed by atoms with E-state index in [0.717, 1.165) is 0 Å². The van der Waals surface area contributed by atoms with Crippen molar-refractivity contribution in [3.63, 3.8) is 0 Å². The highest BCUT2D eigenvalue weighted by Crippen LogP contribution is 2.26. The Morgan fingerprint density at radius 1 is 1.43 bits per heavy atom. The lowest BCUT2D eigenvalue weighted by Gasteiger charge is -2.27. The highest BCUT2D eigenvalue weighted by Gasteiger charge is 2.21. The number of hydrazine groups is 1. The van der Waals surface area contributed by atoms with Crippen LogP contribution in [0.5, 0.6) is 0 Å². The van der Waals surface area contributed by atoms with Gasteiger partial charge in [-0.1, -0.05) is 27.7 Å². The molecule has 0 aliphatic rings. The molecule has 0 radical (unpaired) electrons. The first-order valence-corrected chi connectivity index (χ1v) is 6.70. The van der Waals surface area contributed by atoms with E-state index in [1.165, 1.54) is 18.2 Å².